The molecular formula is C49H92O10. The predicted molar refractivity (Wildman–Crippen MR) is 238 cm³/mol. The Morgan fingerprint density at radius 1 is 0.508 bits per heavy atom. The number of hydrogen-bond donors (Lipinski definition) is 4. The number of carbonyl (C=O) groups is 2. The summed E-state index contributed by atoms with van der Waals surface area (Å²) in [7, 11) is 0. The first-order chi connectivity index (χ1) is 28.8. The minimum absolute atomic E-state index is 0.215. The van der Waals surface area contributed by atoms with E-state index in [4.69, 9.17) is 18.9 Å². The van der Waals surface area contributed by atoms with Crippen molar-refractivity contribution in [3.8, 4) is 0 Å². The average molecular weight is 841 g/mol. The van der Waals surface area contributed by atoms with Gasteiger partial charge in [-0.3, -0.25) is 9.59 Å². The first-order valence-corrected chi connectivity index (χ1v) is 24.8. The second kappa shape index (κ2) is 40.5. The van der Waals surface area contributed by atoms with E-state index in [-0.39, 0.29) is 32.0 Å². The van der Waals surface area contributed by atoms with E-state index in [0.717, 1.165) is 57.8 Å². The molecule has 4 N–H and O–H groups in total. The lowest BCUT2D eigenvalue weighted by molar-refractivity contribution is -0.305. The predicted octanol–water partition coefficient (Wildman–Crippen LogP) is 11.1. The maximum absolute atomic E-state index is 12.8. The van der Waals surface area contributed by atoms with Crippen molar-refractivity contribution in [3.63, 3.8) is 0 Å². The number of allylic oxidation sites excluding steroid dienone is 2. The van der Waals surface area contributed by atoms with Gasteiger partial charge in [-0.25, -0.2) is 0 Å². The zero-order chi connectivity index (χ0) is 43.0. The smallest absolute Gasteiger partial charge is 0.306 e. The van der Waals surface area contributed by atoms with E-state index in [1.165, 1.54) is 141 Å². The molecule has 0 radical (unpaired) electrons. The van der Waals surface area contributed by atoms with Crippen LogP contribution in [0.3, 0.4) is 0 Å². The fraction of sp³-hybridized carbons (Fsp3) is 0.918. The van der Waals surface area contributed by atoms with E-state index in [9.17, 15) is 30.0 Å². The van der Waals surface area contributed by atoms with Gasteiger partial charge in [-0.2, -0.15) is 0 Å². The van der Waals surface area contributed by atoms with Crippen molar-refractivity contribution in [2.24, 2.45) is 0 Å². The Hall–Kier alpha value is -1.56. The van der Waals surface area contributed by atoms with Crippen molar-refractivity contribution < 1.29 is 49.0 Å². The van der Waals surface area contributed by atoms with Gasteiger partial charge in [0, 0.05) is 12.8 Å². The molecule has 0 bridgehead atoms. The Morgan fingerprint density at radius 2 is 0.898 bits per heavy atom. The minimum Gasteiger partial charge on any atom is -0.462 e. The molecule has 0 aromatic rings. The van der Waals surface area contributed by atoms with Crippen molar-refractivity contribution in [2.75, 3.05) is 19.8 Å². The third-order valence-corrected chi connectivity index (χ3v) is 11.7. The van der Waals surface area contributed by atoms with E-state index >= 15 is 0 Å². The van der Waals surface area contributed by atoms with Gasteiger partial charge >= 0.3 is 11.9 Å². The van der Waals surface area contributed by atoms with Crippen molar-refractivity contribution >= 4 is 11.9 Å². The molecule has 0 aromatic heterocycles. The van der Waals surface area contributed by atoms with Gasteiger partial charge in [-0.05, 0) is 38.5 Å². The number of carbonyl (C=O) groups excluding carboxylic acids is 2. The van der Waals surface area contributed by atoms with Gasteiger partial charge in [-0.1, -0.05) is 193 Å². The lowest BCUT2D eigenvalue weighted by atomic mass is 9.99. The average Bonchev–Trinajstić information content (AvgIpc) is 3.23. The molecular weight excluding hydrogens is 749 g/mol. The summed E-state index contributed by atoms with van der Waals surface area (Å²) in [5.41, 5.74) is 0. The maximum atomic E-state index is 12.8. The lowest BCUT2D eigenvalue weighted by Gasteiger charge is -2.39. The van der Waals surface area contributed by atoms with E-state index in [1.54, 1.807) is 0 Å². The Bertz CT molecular complexity index is 974. The highest BCUT2D eigenvalue weighted by atomic mass is 16.7. The molecule has 1 heterocycles. The lowest BCUT2D eigenvalue weighted by Crippen LogP contribution is -2.59. The van der Waals surface area contributed by atoms with Crippen LogP contribution in [0.2, 0.25) is 0 Å². The molecule has 0 saturated carbocycles. The van der Waals surface area contributed by atoms with Gasteiger partial charge in [0.05, 0.1) is 13.2 Å². The van der Waals surface area contributed by atoms with E-state index in [0.29, 0.717) is 6.42 Å². The fourth-order valence-corrected chi connectivity index (χ4v) is 7.71. The summed E-state index contributed by atoms with van der Waals surface area (Å²) in [4.78, 5) is 25.4. The largest absolute Gasteiger partial charge is 0.462 e. The van der Waals surface area contributed by atoms with E-state index < -0.39 is 49.4 Å². The summed E-state index contributed by atoms with van der Waals surface area (Å²) in [6.45, 7) is 3.42. The zero-order valence-electron chi connectivity index (χ0n) is 38.0. The van der Waals surface area contributed by atoms with Crippen molar-refractivity contribution in [1.29, 1.82) is 0 Å². The summed E-state index contributed by atoms with van der Waals surface area (Å²) in [6, 6.07) is 0. The van der Waals surface area contributed by atoms with Gasteiger partial charge < -0.3 is 39.4 Å². The second-order valence-corrected chi connectivity index (χ2v) is 17.3. The van der Waals surface area contributed by atoms with Crippen LogP contribution in [0.15, 0.2) is 12.2 Å². The van der Waals surface area contributed by atoms with Gasteiger partial charge in [-0.15, -0.1) is 0 Å². The standard InChI is InChI=1S/C49H92O10/c1-3-5-7-9-11-13-15-17-18-19-20-21-22-23-24-25-26-28-29-31-33-35-37-44(51)56-40-42(41-57-49-48(55)47(54)46(53)43(39-50)59-49)58-45(52)38-36-34-32-30-27-16-14-12-10-8-6-4-2/h12,14,42-43,46-50,53-55H,3-11,13,15-41H2,1-2H3/b14-12-. The minimum atomic E-state index is -1.59. The van der Waals surface area contributed by atoms with Crippen LogP contribution < -0.4 is 0 Å². The molecule has 1 saturated heterocycles. The summed E-state index contributed by atoms with van der Waals surface area (Å²) in [6.07, 6.45) is 36.6. The van der Waals surface area contributed by atoms with Crippen molar-refractivity contribution in [1.82, 2.24) is 0 Å². The molecule has 6 atom stereocenters. The quantitative estimate of drug-likeness (QED) is 0.0265. The molecule has 1 rings (SSSR count). The molecule has 10 nitrogen and oxygen atoms in total. The van der Waals surface area contributed by atoms with E-state index in [2.05, 4.69) is 26.0 Å². The summed E-state index contributed by atoms with van der Waals surface area (Å²) in [5, 5.41) is 40.1. The maximum Gasteiger partial charge on any atom is 0.306 e. The van der Waals surface area contributed by atoms with Gasteiger partial charge in [0.15, 0.2) is 12.4 Å². The molecule has 1 aliphatic rings. The number of ether oxygens (including phenoxy) is 4. The first-order valence-electron chi connectivity index (χ1n) is 24.8. The molecule has 10 heteroatoms. The molecule has 348 valence electrons. The highest BCUT2D eigenvalue weighted by Crippen LogP contribution is 2.23. The Labute approximate surface area is 361 Å². The first kappa shape index (κ1) is 55.5. The monoisotopic (exact) mass is 841 g/mol. The Balaban J connectivity index is 2.22. The molecule has 0 spiro atoms. The number of aliphatic hydroxyl groups excluding tert-OH is 4. The Kier molecular flexibility index (Phi) is 38.1. The van der Waals surface area contributed by atoms with Crippen LogP contribution in [-0.4, -0.2) is 89.0 Å². The molecule has 0 aromatic carbocycles. The molecule has 6 unspecified atom stereocenters. The third kappa shape index (κ3) is 31.9. The van der Waals surface area contributed by atoms with Crippen LogP contribution in [0, 0.1) is 0 Å². The van der Waals surface area contributed by atoms with E-state index in [1.807, 2.05) is 0 Å². The fourth-order valence-electron chi connectivity index (χ4n) is 7.71. The van der Waals surface area contributed by atoms with Crippen LogP contribution in [0.1, 0.15) is 232 Å². The number of unbranched alkanes of at least 4 members (excludes halogenated alkanes) is 29. The normalized spacial score (nSPS) is 20.0. The molecule has 0 amide bonds. The number of esters is 2. The van der Waals surface area contributed by atoms with Crippen LogP contribution in [0.4, 0.5) is 0 Å². The topological polar surface area (TPSA) is 152 Å². The Morgan fingerprint density at radius 3 is 1.36 bits per heavy atom. The molecule has 1 aliphatic heterocycles. The highest BCUT2D eigenvalue weighted by molar-refractivity contribution is 5.70. The van der Waals surface area contributed by atoms with Crippen LogP contribution in [-0.2, 0) is 28.5 Å². The van der Waals surface area contributed by atoms with Crippen LogP contribution in [0.5, 0.6) is 0 Å². The third-order valence-electron chi connectivity index (χ3n) is 11.7. The summed E-state index contributed by atoms with van der Waals surface area (Å²) >= 11 is 0. The molecule has 59 heavy (non-hydrogen) atoms. The van der Waals surface area contributed by atoms with Crippen molar-refractivity contribution in [3.05, 3.63) is 12.2 Å². The summed E-state index contributed by atoms with van der Waals surface area (Å²) < 4.78 is 22.2. The number of hydrogen-bond acceptors (Lipinski definition) is 10. The van der Waals surface area contributed by atoms with Gasteiger partial charge in [0.25, 0.3) is 0 Å². The van der Waals surface area contributed by atoms with Crippen LogP contribution >= 0.6 is 0 Å². The second-order valence-electron chi connectivity index (χ2n) is 17.3. The van der Waals surface area contributed by atoms with Crippen LogP contribution in [0.25, 0.3) is 0 Å². The summed E-state index contributed by atoms with van der Waals surface area (Å²) in [5.74, 6) is -0.805. The zero-order valence-corrected chi connectivity index (χ0v) is 38.0. The van der Waals surface area contributed by atoms with Crippen molar-refractivity contribution in [2.45, 2.75) is 269 Å². The number of aliphatic hydroxyl groups is 4. The van der Waals surface area contributed by atoms with Gasteiger partial charge in [0.2, 0.25) is 0 Å². The SMILES string of the molecule is CCCCC/C=C\CCCCCCCC(=O)OC(COC(=O)CCCCCCCCCCCCCCCCCCCCCCCC)COC1OC(CO)C(O)C(O)C1O. The molecule has 0 aliphatic carbocycles. The van der Waals surface area contributed by atoms with Gasteiger partial charge in [0.1, 0.15) is 31.0 Å². The highest BCUT2D eigenvalue weighted by Gasteiger charge is 2.44. The number of rotatable bonds is 42. The molecule has 1 fully saturated rings.